The van der Waals surface area contributed by atoms with Gasteiger partial charge in [-0.25, -0.2) is 9.97 Å². The molecule has 0 aliphatic heterocycles. The normalized spacial score (nSPS) is 10.7. The van der Waals surface area contributed by atoms with E-state index in [0.717, 1.165) is 22.8 Å². The van der Waals surface area contributed by atoms with Gasteiger partial charge in [0.05, 0.1) is 6.10 Å². The van der Waals surface area contributed by atoms with Gasteiger partial charge in [0, 0.05) is 24.1 Å². The average Bonchev–Trinajstić information content (AvgIpc) is 2.37. The molecule has 0 fully saturated rings. The lowest BCUT2D eigenvalue weighted by molar-refractivity contribution is 0.242. The first-order valence-corrected chi connectivity index (χ1v) is 6.78. The van der Waals surface area contributed by atoms with Gasteiger partial charge in [-0.3, -0.25) is 0 Å². The van der Waals surface area contributed by atoms with Crippen LogP contribution in [0.5, 0.6) is 5.75 Å². The summed E-state index contributed by atoms with van der Waals surface area (Å²) >= 11 is 0. The summed E-state index contributed by atoms with van der Waals surface area (Å²) in [5.74, 6) is 1.58. The number of benzene rings is 1. The van der Waals surface area contributed by atoms with Crippen LogP contribution in [-0.2, 0) is 0 Å². The van der Waals surface area contributed by atoms with Crippen LogP contribution in [0.15, 0.2) is 30.3 Å². The molecule has 2 rings (SSSR count). The van der Waals surface area contributed by atoms with Crippen LogP contribution < -0.4 is 9.64 Å². The lowest BCUT2D eigenvalue weighted by Gasteiger charge is -2.18. The van der Waals surface area contributed by atoms with Crippen molar-refractivity contribution in [2.45, 2.75) is 33.8 Å². The molecule has 0 aliphatic rings. The van der Waals surface area contributed by atoms with Crippen molar-refractivity contribution in [3.8, 4) is 5.75 Å². The maximum atomic E-state index is 5.64. The van der Waals surface area contributed by atoms with E-state index in [-0.39, 0.29) is 6.10 Å². The molecule has 0 unspecified atom stereocenters. The van der Waals surface area contributed by atoms with Crippen LogP contribution >= 0.6 is 0 Å². The Morgan fingerprint density at radius 1 is 1.00 bits per heavy atom. The van der Waals surface area contributed by atoms with E-state index in [9.17, 15) is 0 Å². The maximum absolute atomic E-state index is 5.64. The topological polar surface area (TPSA) is 38.2 Å². The van der Waals surface area contributed by atoms with Gasteiger partial charge in [-0.1, -0.05) is 0 Å². The van der Waals surface area contributed by atoms with Gasteiger partial charge in [0.2, 0.25) is 5.95 Å². The zero-order chi connectivity index (χ0) is 14.7. The van der Waals surface area contributed by atoms with Crippen LogP contribution in [0.3, 0.4) is 0 Å². The number of rotatable bonds is 4. The summed E-state index contributed by atoms with van der Waals surface area (Å²) in [6, 6.07) is 9.93. The molecule has 1 aromatic heterocycles. The summed E-state index contributed by atoms with van der Waals surface area (Å²) in [5.41, 5.74) is 2.98. The fourth-order valence-electron chi connectivity index (χ4n) is 1.99. The molecule has 1 aromatic carbocycles. The van der Waals surface area contributed by atoms with Gasteiger partial charge in [0.25, 0.3) is 0 Å². The van der Waals surface area contributed by atoms with E-state index in [1.165, 1.54) is 0 Å². The highest BCUT2D eigenvalue weighted by molar-refractivity contribution is 5.57. The van der Waals surface area contributed by atoms with Crippen LogP contribution in [-0.4, -0.2) is 23.1 Å². The van der Waals surface area contributed by atoms with Gasteiger partial charge in [0.1, 0.15) is 5.75 Å². The molecule has 4 nitrogen and oxygen atoms in total. The summed E-state index contributed by atoms with van der Waals surface area (Å²) in [6.07, 6.45) is 0.182. The van der Waals surface area contributed by atoms with Gasteiger partial charge < -0.3 is 9.64 Å². The second kappa shape index (κ2) is 5.90. The second-order valence-corrected chi connectivity index (χ2v) is 5.17. The Morgan fingerprint density at radius 2 is 1.55 bits per heavy atom. The Balaban J connectivity index is 2.22. The predicted octanol–water partition coefficient (Wildman–Crippen LogP) is 3.65. The summed E-state index contributed by atoms with van der Waals surface area (Å²) in [7, 11) is 1.96. The van der Waals surface area contributed by atoms with E-state index in [1.54, 1.807) is 0 Å². The number of ether oxygens (including phenoxy) is 1. The molecule has 0 amide bonds. The third-order valence-electron chi connectivity index (χ3n) is 2.87. The molecular formula is C16H21N3O. The van der Waals surface area contributed by atoms with E-state index in [0.29, 0.717) is 5.95 Å². The number of aromatic nitrogens is 2. The van der Waals surface area contributed by atoms with Gasteiger partial charge in [0.15, 0.2) is 0 Å². The molecule has 0 saturated carbocycles. The smallest absolute Gasteiger partial charge is 0.230 e. The van der Waals surface area contributed by atoms with Crippen molar-refractivity contribution in [2.75, 3.05) is 11.9 Å². The Labute approximate surface area is 120 Å². The van der Waals surface area contributed by atoms with Crippen molar-refractivity contribution in [1.82, 2.24) is 9.97 Å². The van der Waals surface area contributed by atoms with Crippen LogP contribution in [0.4, 0.5) is 11.6 Å². The first-order chi connectivity index (χ1) is 9.45. The summed E-state index contributed by atoms with van der Waals surface area (Å²) in [6.45, 7) is 7.99. The lowest BCUT2D eigenvalue weighted by atomic mass is 10.3. The van der Waals surface area contributed by atoms with Crippen molar-refractivity contribution in [1.29, 1.82) is 0 Å². The zero-order valence-corrected chi connectivity index (χ0v) is 12.7. The quantitative estimate of drug-likeness (QED) is 0.850. The van der Waals surface area contributed by atoms with Crippen molar-refractivity contribution < 1.29 is 4.74 Å². The van der Waals surface area contributed by atoms with Gasteiger partial charge >= 0.3 is 0 Å². The number of nitrogens with zero attached hydrogens (tertiary/aromatic N) is 3. The predicted molar refractivity (Wildman–Crippen MR) is 81.8 cm³/mol. The number of hydrogen-bond donors (Lipinski definition) is 0. The Hall–Kier alpha value is -2.10. The molecule has 0 atom stereocenters. The first-order valence-electron chi connectivity index (χ1n) is 6.78. The molecule has 4 heteroatoms. The average molecular weight is 271 g/mol. The number of aryl methyl sites for hydroxylation is 2. The monoisotopic (exact) mass is 271 g/mol. The van der Waals surface area contributed by atoms with E-state index in [2.05, 4.69) is 9.97 Å². The highest BCUT2D eigenvalue weighted by Gasteiger charge is 2.08. The summed E-state index contributed by atoms with van der Waals surface area (Å²) in [4.78, 5) is 10.9. The molecule has 1 heterocycles. The maximum Gasteiger partial charge on any atom is 0.230 e. The SMILES string of the molecule is Cc1cc(C)nc(N(C)c2ccc(OC(C)C)cc2)n1. The van der Waals surface area contributed by atoms with Gasteiger partial charge in [-0.05, 0) is 58.0 Å². The van der Waals surface area contributed by atoms with E-state index < -0.39 is 0 Å². The minimum atomic E-state index is 0.182. The molecule has 0 bridgehead atoms. The van der Waals surface area contributed by atoms with E-state index in [4.69, 9.17) is 4.74 Å². The standard InChI is InChI=1S/C16H21N3O/c1-11(2)20-15-8-6-14(7-9-15)19(5)16-17-12(3)10-13(4)18-16/h6-11H,1-5H3. The first kappa shape index (κ1) is 14.3. The molecule has 0 spiro atoms. The highest BCUT2D eigenvalue weighted by atomic mass is 16.5. The Kier molecular flexibility index (Phi) is 4.23. The van der Waals surface area contributed by atoms with Crippen LogP contribution in [0.25, 0.3) is 0 Å². The fraction of sp³-hybridized carbons (Fsp3) is 0.375. The van der Waals surface area contributed by atoms with Crippen LogP contribution in [0.2, 0.25) is 0 Å². The summed E-state index contributed by atoms with van der Waals surface area (Å²) in [5, 5.41) is 0. The third-order valence-corrected chi connectivity index (χ3v) is 2.87. The van der Waals surface area contributed by atoms with Crippen LogP contribution in [0, 0.1) is 13.8 Å². The molecule has 106 valence electrons. The largest absolute Gasteiger partial charge is 0.491 e. The lowest BCUT2D eigenvalue weighted by Crippen LogP contribution is -2.14. The van der Waals surface area contributed by atoms with Gasteiger partial charge in [-0.2, -0.15) is 0 Å². The minimum absolute atomic E-state index is 0.182. The Bertz CT molecular complexity index is 559. The molecule has 0 N–H and O–H groups in total. The zero-order valence-electron chi connectivity index (χ0n) is 12.7. The Morgan fingerprint density at radius 3 is 2.05 bits per heavy atom. The second-order valence-electron chi connectivity index (χ2n) is 5.17. The highest BCUT2D eigenvalue weighted by Crippen LogP contribution is 2.23. The number of anilines is 2. The molecule has 0 radical (unpaired) electrons. The summed E-state index contributed by atoms with van der Waals surface area (Å²) < 4.78 is 5.64. The molecule has 0 saturated heterocycles. The molecule has 0 aliphatic carbocycles. The van der Waals surface area contributed by atoms with Crippen molar-refractivity contribution in [3.63, 3.8) is 0 Å². The van der Waals surface area contributed by atoms with Crippen LogP contribution in [0.1, 0.15) is 25.2 Å². The third kappa shape index (κ3) is 3.47. The van der Waals surface area contributed by atoms with Crippen molar-refractivity contribution in [3.05, 3.63) is 41.7 Å². The molecular weight excluding hydrogens is 250 g/mol. The molecule has 2 aromatic rings. The fourth-order valence-corrected chi connectivity index (χ4v) is 1.99. The van der Waals surface area contributed by atoms with E-state index in [1.807, 2.05) is 70.0 Å². The molecule has 20 heavy (non-hydrogen) atoms. The van der Waals surface area contributed by atoms with Crippen molar-refractivity contribution >= 4 is 11.6 Å². The van der Waals surface area contributed by atoms with Crippen molar-refractivity contribution in [2.24, 2.45) is 0 Å². The van der Waals surface area contributed by atoms with E-state index >= 15 is 0 Å². The minimum Gasteiger partial charge on any atom is -0.491 e. The van der Waals surface area contributed by atoms with Gasteiger partial charge in [-0.15, -0.1) is 0 Å². The number of hydrogen-bond acceptors (Lipinski definition) is 4.